The van der Waals surface area contributed by atoms with Crippen molar-refractivity contribution in [2.75, 3.05) is 12.4 Å². The van der Waals surface area contributed by atoms with E-state index >= 15 is 0 Å². The molecule has 3 atom stereocenters. The average molecular weight is 546 g/mol. The number of nitrogens with one attached hydrogen (secondary N) is 2. The fourth-order valence-corrected chi connectivity index (χ4v) is 6.12. The maximum Gasteiger partial charge on any atom is 0.245 e. The van der Waals surface area contributed by atoms with E-state index in [-0.39, 0.29) is 35.5 Å². The quantitative estimate of drug-likeness (QED) is 0.211. The Morgan fingerprint density at radius 2 is 1.82 bits per heavy atom. The van der Waals surface area contributed by atoms with Gasteiger partial charge in [0, 0.05) is 34.6 Å². The minimum atomic E-state index is -0.597. The van der Waals surface area contributed by atoms with Crippen LogP contribution in [-0.2, 0) is 20.9 Å². The smallest absolute Gasteiger partial charge is 0.245 e. The van der Waals surface area contributed by atoms with E-state index in [1.807, 2.05) is 30.3 Å². The number of likely N-dealkylation sites (tertiary alicyclic amines) is 1. The number of hydrogen-bond acceptors (Lipinski definition) is 6. The number of para-hydroxylation sites is 1. The summed E-state index contributed by atoms with van der Waals surface area (Å²) in [6.45, 7) is 2.45. The van der Waals surface area contributed by atoms with Gasteiger partial charge < -0.3 is 25.6 Å². The van der Waals surface area contributed by atoms with Crippen molar-refractivity contribution >= 4 is 40.6 Å². The molecule has 3 amide bonds. The lowest BCUT2D eigenvalue weighted by atomic mass is 10.0. The Bertz CT molecular complexity index is 1410. The first-order valence-electron chi connectivity index (χ1n) is 12.7. The Hall–Kier alpha value is -4.18. The molecular weight excluding hydrogens is 514 g/mol. The molecule has 1 aliphatic heterocycles. The minimum absolute atomic E-state index is 0.0122. The van der Waals surface area contributed by atoms with E-state index in [0.29, 0.717) is 35.7 Å². The second-order valence-electron chi connectivity index (χ2n) is 10.5. The van der Waals surface area contributed by atoms with Crippen molar-refractivity contribution in [1.82, 2.24) is 9.80 Å². The summed E-state index contributed by atoms with van der Waals surface area (Å²) in [5.41, 5.74) is 6.65. The van der Waals surface area contributed by atoms with Gasteiger partial charge in [-0.1, -0.05) is 25.1 Å². The largest absolute Gasteiger partial charge is 0.457 e. The number of anilines is 1. The zero-order valence-electron chi connectivity index (χ0n) is 21.8. The van der Waals surface area contributed by atoms with E-state index in [4.69, 9.17) is 15.9 Å². The lowest BCUT2D eigenvalue weighted by molar-refractivity contribution is -0.145. The van der Waals surface area contributed by atoms with E-state index in [0.717, 1.165) is 11.3 Å². The Labute approximate surface area is 231 Å². The molecule has 2 aromatic carbocycles. The van der Waals surface area contributed by atoms with Crippen LogP contribution < -0.4 is 15.8 Å². The monoisotopic (exact) mass is 545 g/mol. The number of rotatable bonds is 9. The van der Waals surface area contributed by atoms with Crippen molar-refractivity contribution < 1.29 is 19.1 Å². The van der Waals surface area contributed by atoms with E-state index in [1.165, 1.54) is 11.3 Å². The van der Waals surface area contributed by atoms with Crippen molar-refractivity contribution in [3.63, 3.8) is 0 Å². The van der Waals surface area contributed by atoms with Crippen LogP contribution in [0.4, 0.5) is 5.69 Å². The lowest BCUT2D eigenvalue weighted by Gasteiger charge is -2.30. The molecule has 0 bridgehead atoms. The zero-order valence-corrected chi connectivity index (χ0v) is 22.7. The second-order valence-corrected chi connectivity index (χ2v) is 11.5. The minimum Gasteiger partial charge on any atom is -0.457 e. The molecule has 2 heterocycles. The zero-order chi connectivity index (χ0) is 27.7. The van der Waals surface area contributed by atoms with Crippen LogP contribution in [0.25, 0.3) is 0 Å². The molecule has 9 nitrogen and oxygen atoms in total. The van der Waals surface area contributed by atoms with Crippen LogP contribution in [0, 0.1) is 10.8 Å². The van der Waals surface area contributed by atoms with Gasteiger partial charge in [0.2, 0.25) is 17.7 Å². The van der Waals surface area contributed by atoms with Crippen molar-refractivity contribution in [3.8, 4) is 11.5 Å². The van der Waals surface area contributed by atoms with Gasteiger partial charge in [-0.05, 0) is 60.7 Å². The molecular formula is C29H31N5O4S. The maximum atomic E-state index is 13.4. The molecule has 1 saturated carbocycles. The number of likely N-dealkylation sites (N-methyl/N-ethyl adjacent to an activating group) is 1. The molecule has 0 spiro atoms. The highest BCUT2D eigenvalue weighted by Gasteiger charge is 2.64. The predicted octanol–water partition coefficient (Wildman–Crippen LogP) is 4.19. The standard InChI is InChI=1S/C29H31N5O4S/c1-29-14-23(28(37)33(2)16-22-12-18(17-39-22)27(30)31)34(24(29)15-29)26(36)13-25(35)32-19-8-10-21(11-9-19)38-20-6-4-3-5-7-20/h3-12,17,23-24H,13-16H2,1-2H3,(H3,30,31)(H,32,35)/t23-,24-,29+/m0/s1. The van der Waals surface area contributed by atoms with Gasteiger partial charge in [-0.25, -0.2) is 0 Å². The summed E-state index contributed by atoms with van der Waals surface area (Å²) in [6, 6.07) is 17.5. The Morgan fingerprint density at radius 1 is 1.13 bits per heavy atom. The number of nitrogens with zero attached hydrogens (tertiary/aromatic N) is 2. The van der Waals surface area contributed by atoms with Crippen molar-refractivity contribution in [3.05, 3.63) is 76.5 Å². The summed E-state index contributed by atoms with van der Waals surface area (Å²) in [7, 11) is 1.71. The number of nitrogens with two attached hydrogens (primary N) is 1. The molecule has 0 unspecified atom stereocenters. The van der Waals surface area contributed by atoms with E-state index in [2.05, 4.69) is 12.2 Å². The number of amidine groups is 1. The Balaban J connectivity index is 1.18. The van der Waals surface area contributed by atoms with E-state index in [9.17, 15) is 14.4 Å². The van der Waals surface area contributed by atoms with Crippen molar-refractivity contribution in [2.45, 2.75) is 44.8 Å². The third-order valence-electron chi connectivity index (χ3n) is 7.37. The third-order valence-corrected chi connectivity index (χ3v) is 8.29. The summed E-state index contributed by atoms with van der Waals surface area (Å²) >= 11 is 1.44. The van der Waals surface area contributed by atoms with Crippen LogP contribution in [0.5, 0.6) is 11.5 Å². The van der Waals surface area contributed by atoms with Crippen molar-refractivity contribution in [2.24, 2.45) is 11.1 Å². The number of carbonyl (C=O) groups excluding carboxylic acids is 3. The summed E-state index contributed by atoms with van der Waals surface area (Å²) in [4.78, 5) is 43.6. The molecule has 5 rings (SSSR count). The van der Waals surface area contributed by atoms with Gasteiger partial charge in [-0.2, -0.15) is 0 Å². The summed E-state index contributed by atoms with van der Waals surface area (Å²) in [5, 5.41) is 12.1. The predicted molar refractivity (Wildman–Crippen MR) is 150 cm³/mol. The highest BCUT2D eigenvalue weighted by Crippen LogP contribution is 2.59. The topological polar surface area (TPSA) is 129 Å². The Morgan fingerprint density at radius 3 is 2.49 bits per heavy atom. The fraction of sp³-hybridized carbons (Fsp3) is 0.310. The number of nitrogen functional groups attached to an aromatic ring is 1. The summed E-state index contributed by atoms with van der Waals surface area (Å²) in [5.74, 6) is 0.408. The molecule has 202 valence electrons. The molecule has 2 aliphatic rings. The van der Waals surface area contributed by atoms with Crippen molar-refractivity contribution in [1.29, 1.82) is 5.41 Å². The van der Waals surface area contributed by atoms with Gasteiger partial charge in [-0.3, -0.25) is 19.8 Å². The molecule has 1 aliphatic carbocycles. The van der Waals surface area contributed by atoms with E-state index in [1.54, 1.807) is 52.6 Å². The molecule has 39 heavy (non-hydrogen) atoms. The van der Waals surface area contributed by atoms with Gasteiger partial charge in [0.15, 0.2) is 0 Å². The molecule has 10 heteroatoms. The molecule has 3 aromatic rings. The molecule has 1 saturated heterocycles. The highest BCUT2D eigenvalue weighted by molar-refractivity contribution is 7.10. The molecule has 2 fully saturated rings. The van der Waals surface area contributed by atoms with Gasteiger partial charge in [0.05, 0.1) is 6.54 Å². The second kappa shape index (κ2) is 10.5. The number of benzene rings is 2. The number of carbonyl (C=O) groups is 3. The van der Waals surface area contributed by atoms with Gasteiger partial charge in [-0.15, -0.1) is 11.3 Å². The van der Waals surface area contributed by atoms with Crippen LogP contribution in [0.15, 0.2) is 66.0 Å². The normalized spacial score (nSPS) is 21.1. The number of thiophene rings is 1. The van der Waals surface area contributed by atoms with E-state index < -0.39 is 11.9 Å². The lowest BCUT2D eigenvalue weighted by Crippen LogP contribution is -2.48. The van der Waals surface area contributed by atoms with Gasteiger partial charge in [0.1, 0.15) is 29.8 Å². The van der Waals surface area contributed by atoms with Crippen LogP contribution in [0.2, 0.25) is 0 Å². The number of hydrogen-bond donors (Lipinski definition) is 3. The first-order valence-corrected chi connectivity index (χ1v) is 13.6. The van der Waals surface area contributed by atoms with Gasteiger partial charge >= 0.3 is 0 Å². The first kappa shape index (κ1) is 26.4. The number of piperidine rings is 1. The van der Waals surface area contributed by atoms with Gasteiger partial charge in [0.25, 0.3) is 0 Å². The third kappa shape index (κ3) is 5.80. The van der Waals surface area contributed by atoms with Crippen LogP contribution in [0.3, 0.4) is 0 Å². The molecule has 1 aromatic heterocycles. The molecule has 4 N–H and O–H groups in total. The summed E-state index contributed by atoms with van der Waals surface area (Å²) < 4.78 is 5.78. The SMILES string of the molecule is CN(Cc1cc(C(=N)N)cs1)C(=O)[C@@H]1C[C@]2(C)C[C@@H]2N1C(=O)CC(=O)Nc1ccc(Oc2ccccc2)cc1. The van der Waals surface area contributed by atoms with Crippen LogP contribution in [-0.4, -0.2) is 52.5 Å². The first-order chi connectivity index (χ1) is 18.6. The molecule has 0 radical (unpaired) electrons. The summed E-state index contributed by atoms with van der Waals surface area (Å²) in [6.07, 6.45) is 1.08. The average Bonchev–Trinajstić information content (AvgIpc) is 3.22. The maximum absolute atomic E-state index is 13.4. The number of ether oxygens (including phenoxy) is 1. The Kier molecular flexibility index (Phi) is 7.14. The highest BCUT2D eigenvalue weighted by atomic mass is 32.1. The number of amides is 3. The fourth-order valence-electron chi connectivity index (χ4n) is 5.18. The number of fused-ring (bicyclic) bond motifs is 1. The van der Waals surface area contributed by atoms with Crippen LogP contribution >= 0.6 is 11.3 Å². The van der Waals surface area contributed by atoms with Crippen LogP contribution in [0.1, 0.15) is 36.6 Å².